The summed E-state index contributed by atoms with van der Waals surface area (Å²) in [5, 5.41) is 4.06. The third-order valence-corrected chi connectivity index (χ3v) is 5.79. The molecule has 0 aliphatic heterocycles. The number of ether oxygens (including phenoxy) is 2. The number of nitrogens with zero attached hydrogens (tertiary/aromatic N) is 2. The Morgan fingerprint density at radius 3 is 2.41 bits per heavy atom. The van der Waals surface area contributed by atoms with Gasteiger partial charge in [-0.1, -0.05) is 27.7 Å². The maximum absolute atomic E-state index is 6.37. The first-order chi connectivity index (χ1) is 13.0. The number of fused-ring (bicyclic) bond motifs is 1. The first kappa shape index (κ1) is 19.6. The fourth-order valence-corrected chi connectivity index (χ4v) is 4.05. The molecular weight excluding hydrogens is 356 g/mol. The summed E-state index contributed by atoms with van der Waals surface area (Å²) in [6, 6.07) is 6.06. The van der Waals surface area contributed by atoms with Crippen molar-refractivity contribution in [2.24, 2.45) is 0 Å². The fraction of sp³-hybridized carbons (Fsp3) is 0.455. The van der Waals surface area contributed by atoms with Gasteiger partial charge in [-0.05, 0) is 37.8 Å². The molecular formula is C22H28N2O2S. The molecule has 0 radical (unpaired) electrons. The highest BCUT2D eigenvalue weighted by molar-refractivity contribution is 7.13. The summed E-state index contributed by atoms with van der Waals surface area (Å²) in [6.45, 7) is 10.7. The Kier molecular flexibility index (Phi) is 6.00. The van der Waals surface area contributed by atoms with Crippen LogP contribution in [0.25, 0.3) is 21.6 Å². The summed E-state index contributed by atoms with van der Waals surface area (Å²) in [5.41, 5.74) is 3.89. The normalized spacial score (nSPS) is 11.6. The zero-order valence-corrected chi connectivity index (χ0v) is 17.8. The second kappa shape index (κ2) is 8.26. The molecule has 144 valence electrons. The molecule has 0 spiro atoms. The summed E-state index contributed by atoms with van der Waals surface area (Å²) in [4.78, 5) is 9.72. The molecule has 0 aliphatic rings. The lowest BCUT2D eigenvalue weighted by atomic mass is 10.1. The molecule has 27 heavy (non-hydrogen) atoms. The number of aryl methyl sites for hydroxylation is 1. The van der Waals surface area contributed by atoms with Crippen LogP contribution in [0.2, 0.25) is 0 Å². The second-order valence-electron chi connectivity index (χ2n) is 7.08. The Labute approximate surface area is 165 Å². The predicted molar refractivity (Wildman–Crippen MR) is 113 cm³/mol. The summed E-state index contributed by atoms with van der Waals surface area (Å²) < 4.78 is 11.9. The van der Waals surface area contributed by atoms with Gasteiger partial charge in [-0.15, -0.1) is 11.3 Å². The zero-order chi connectivity index (χ0) is 19.6. The van der Waals surface area contributed by atoms with Crippen molar-refractivity contribution in [3.63, 3.8) is 0 Å². The van der Waals surface area contributed by atoms with Gasteiger partial charge in [0.05, 0.1) is 24.4 Å². The molecule has 0 atom stereocenters. The first-order valence-electron chi connectivity index (χ1n) is 9.59. The number of pyridine rings is 1. The van der Waals surface area contributed by atoms with Crippen LogP contribution >= 0.6 is 11.3 Å². The van der Waals surface area contributed by atoms with Crippen LogP contribution in [0, 0.1) is 6.92 Å². The molecule has 3 aromatic rings. The van der Waals surface area contributed by atoms with Gasteiger partial charge in [0.1, 0.15) is 22.2 Å². The Morgan fingerprint density at radius 2 is 1.81 bits per heavy atom. The minimum absolute atomic E-state index is 0.188. The lowest BCUT2D eigenvalue weighted by Crippen LogP contribution is -2.14. The quantitative estimate of drug-likeness (QED) is 0.475. The average molecular weight is 385 g/mol. The van der Waals surface area contributed by atoms with E-state index in [0.717, 1.165) is 57.2 Å². The van der Waals surface area contributed by atoms with Gasteiger partial charge >= 0.3 is 0 Å². The van der Waals surface area contributed by atoms with E-state index in [4.69, 9.17) is 19.4 Å². The van der Waals surface area contributed by atoms with E-state index in [1.807, 2.05) is 25.1 Å². The number of hydrogen-bond donors (Lipinski definition) is 0. The van der Waals surface area contributed by atoms with Crippen molar-refractivity contribution < 1.29 is 9.47 Å². The topological polar surface area (TPSA) is 44.2 Å². The molecule has 0 fully saturated rings. The van der Waals surface area contributed by atoms with Gasteiger partial charge in [0, 0.05) is 22.4 Å². The van der Waals surface area contributed by atoms with E-state index in [-0.39, 0.29) is 6.10 Å². The third-order valence-electron chi connectivity index (χ3n) is 4.90. The van der Waals surface area contributed by atoms with Crippen molar-refractivity contribution in [3.05, 3.63) is 34.8 Å². The van der Waals surface area contributed by atoms with Crippen LogP contribution in [-0.2, 0) is 0 Å². The molecule has 2 aromatic heterocycles. The molecule has 0 N–H and O–H groups in total. The number of thiazole rings is 1. The SMILES string of the molecule is CCC(CC)Oc1cc(-c2nc(C(C)C)cs2)nc2c(C)c(OC)ccc12. The molecule has 0 saturated heterocycles. The van der Waals surface area contributed by atoms with Crippen molar-refractivity contribution in [1.29, 1.82) is 0 Å². The Hall–Kier alpha value is -2.14. The van der Waals surface area contributed by atoms with Crippen LogP contribution in [0.5, 0.6) is 11.5 Å². The fourth-order valence-electron chi connectivity index (χ4n) is 3.11. The van der Waals surface area contributed by atoms with Crippen molar-refractivity contribution in [1.82, 2.24) is 9.97 Å². The smallest absolute Gasteiger partial charge is 0.142 e. The van der Waals surface area contributed by atoms with Gasteiger partial charge in [0.25, 0.3) is 0 Å². The largest absolute Gasteiger partial charge is 0.496 e. The van der Waals surface area contributed by atoms with E-state index in [9.17, 15) is 0 Å². The highest BCUT2D eigenvalue weighted by atomic mass is 32.1. The molecule has 3 rings (SSSR count). The predicted octanol–water partition coefficient (Wildman–Crippen LogP) is 6.37. The van der Waals surface area contributed by atoms with E-state index in [2.05, 4.69) is 33.1 Å². The van der Waals surface area contributed by atoms with E-state index in [1.54, 1.807) is 18.4 Å². The van der Waals surface area contributed by atoms with E-state index in [1.165, 1.54) is 0 Å². The number of rotatable bonds is 7. The molecule has 5 heteroatoms. The third kappa shape index (κ3) is 3.93. The van der Waals surface area contributed by atoms with Gasteiger partial charge in [-0.2, -0.15) is 0 Å². The Balaban J connectivity index is 2.19. The Morgan fingerprint density at radius 1 is 1.07 bits per heavy atom. The maximum Gasteiger partial charge on any atom is 0.142 e. The number of methoxy groups -OCH3 is 1. The summed E-state index contributed by atoms with van der Waals surface area (Å²) in [6.07, 6.45) is 2.13. The summed E-state index contributed by atoms with van der Waals surface area (Å²) in [7, 11) is 1.69. The summed E-state index contributed by atoms with van der Waals surface area (Å²) in [5.74, 6) is 2.11. The minimum Gasteiger partial charge on any atom is -0.496 e. The molecule has 2 heterocycles. The second-order valence-corrected chi connectivity index (χ2v) is 7.94. The molecule has 0 saturated carbocycles. The van der Waals surface area contributed by atoms with Crippen LogP contribution in [-0.4, -0.2) is 23.2 Å². The Bertz CT molecular complexity index is 929. The van der Waals surface area contributed by atoms with Crippen LogP contribution in [0.1, 0.15) is 57.7 Å². The van der Waals surface area contributed by atoms with Crippen molar-refractivity contribution in [2.45, 2.75) is 59.5 Å². The monoisotopic (exact) mass is 384 g/mol. The molecule has 0 amide bonds. The van der Waals surface area contributed by atoms with Crippen molar-refractivity contribution >= 4 is 22.2 Å². The summed E-state index contributed by atoms with van der Waals surface area (Å²) >= 11 is 1.63. The van der Waals surface area contributed by atoms with Gasteiger partial charge in [0.15, 0.2) is 0 Å². The number of benzene rings is 1. The van der Waals surface area contributed by atoms with E-state index in [0.29, 0.717) is 5.92 Å². The molecule has 4 nitrogen and oxygen atoms in total. The molecule has 0 aliphatic carbocycles. The van der Waals surface area contributed by atoms with Crippen LogP contribution in [0.15, 0.2) is 23.6 Å². The molecule has 1 aromatic carbocycles. The first-order valence-corrected chi connectivity index (χ1v) is 10.5. The maximum atomic E-state index is 6.37. The lowest BCUT2D eigenvalue weighted by Gasteiger charge is -2.19. The van der Waals surface area contributed by atoms with Crippen LogP contribution in [0.3, 0.4) is 0 Å². The lowest BCUT2D eigenvalue weighted by molar-refractivity contribution is 0.195. The standard InChI is InChI=1S/C22H28N2O2S/c1-7-15(8-2)26-20-11-17(22-24-18(12-27-22)13(3)4)23-21-14(5)19(25-6)10-9-16(20)21/h9-13,15H,7-8H2,1-6H3. The highest BCUT2D eigenvalue weighted by Gasteiger charge is 2.17. The van der Waals surface area contributed by atoms with Crippen LogP contribution < -0.4 is 9.47 Å². The van der Waals surface area contributed by atoms with Gasteiger partial charge in [-0.3, -0.25) is 0 Å². The van der Waals surface area contributed by atoms with Gasteiger partial charge < -0.3 is 9.47 Å². The molecule has 0 bridgehead atoms. The van der Waals surface area contributed by atoms with Crippen molar-refractivity contribution in [3.8, 4) is 22.2 Å². The minimum atomic E-state index is 0.188. The van der Waals surface area contributed by atoms with Gasteiger partial charge in [0.2, 0.25) is 0 Å². The average Bonchev–Trinajstić information content (AvgIpc) is 3.17. The van der Waals surface area contributed by atoms with Crippen molar-refractivity contribution in [2.75, 3.05) is 7.11 Å². The van der Waals surface area contributed by atoms with Gasteiger partial charge in [-0.25, -0.2) is 9.97 Å². The number of hydrogen-bond acceptors (Lipinski definition) is 5. The highest BCUT2D eigenvalue weighted by Crippen LogP contribution is 2.37. The zero-order valence-electron chi connectivity index (χ0n) is 17.0. The van der Waals surface area contributed by atoms with E-state index >= 15 is 0 Å². The van der Waals surface area contributed by atoms with Crippen LogP contribution in [0.4, 0.5) is 0 Å². The molecule has 0 unspecified atom stereocenters. The number of aromatic nitrogens is 2. The van der Waals surface area contributed by atoms with E-state index < -0.39 is 0 Å².